The van der Waals surface area contributed by atoms with E-state index in [1.54, 1.807) is 6.92 Å². The van der Waals surface area contributed by atoms with E-state index in [0.29, 0.717) is 11.7 Å². The molecule has 1 aliphatic carbocycles. The molecule has 0 bridgehead atoms. The van der Waals surface area contributed by atoms with Crippen molar-refractivity contribution in [2.75, 3.05) is 0 Å². The number of hydrogen-bond donors (Lipinski definition) is 0. The van der Waals surface area contributed by atoms with Crippen LogP contribution in [-0.2, 0) is 4.79 Å². The molecule has 0 spiro atoms. The maximum atomic E-state index is 10.6. The fraction of sp³-hybridized carbons (Fsp3) is 0.857. The van der Waals surface area contributed by atoms with E-state index < -0.39 is 0 Å². The van der Waals surface area contributed by atoms with Crippen LogP contribution in [0.2, 0.25) is 0 Å². The van der Waals surface area contributed by atoms with Gasteiger partial charge in [0.2, 0.25) is 0 Å². The normalized spacial score (nSPS) is 36.2. The third-order valence-electron chi connectivity index (χ3n) is 1.95. The summed E-state index contributed by atoms with van der Waals surface area (Å²) in [5.41, 5.74) is 0. The Morgan fingerprint density at radius 2 is 2.00 bits per heavy atom. The largest absolute Gasteiger partial charge is 0.300 e. The summed E-state index contributed by atoms with van der Waals surface area (Å²) in [6.45, 7) is 3.88. The van der Waals surface area contributed by atoms with Gasteiger partial charge in [-0.25, -0.2) is 0 Å². The lowest BCUT2D eigenvalue weighted by atomic mass is 9.74. The van der Waals surface area contributed by atoms with Crippen LogP contribution in [0.25, 0.3) is 0 Å². The summed E-state index contributed by atoms with van der Waals surface area (Å²) in [5.74, 6) is 1.61. The van der Waals surface area contributed by atoms with E-state index in [1.165, 1.54) is 0 Å². The van der Waals surface area contributed by atoms with Gasteiger partial charge in [0.15, 0.2) is 0 Å². The van der Waals surface area contributed by atoms with Crippen molar-refractivity contribution in [1.82, 2.24) is 0 Å². The minimum absolute atomic E-state index is 0.378. The number of carbonyl (C=O) groups is 1. The summed E-state index contributed by atoms with van der Waals surface area (Å²) in [4.78, 5) is 10.6. The first-order valence-corrected chi connectivity index (χ1v) is 3.20. The van der Waals surface area contributed by atoms with E-state index in [4.69, 9.17) is 0 Å². The summed E-state index contributed by atoms with van der Waals surface area (Å²) in [6, 6.07) is 0. The van der Waals surface area contributed by atoms with Gasteiger partial charge in [0.1, 0.15) is 5.78 Å². The Kier molecular flexibility index (Phi) is 1.37. The number of carbonyl (C=O) groups excluding carboxylic acids is 1. The Bertz CT molecular complexity index is 101. The van der Waals surface area contributed by atoms with Crippen molar-refractivity contribution in [2.45, 2.75) is 26.7 Å². The minimum Gasteiger partial charge on any atom is -0.300 e. The van der Waals surface area contributed by atoms with Gasteiger partial charge in [-0.15, -0.1) is 0 Å². The van der Waals surface area contributed by atoms with Gasteiger partial charge in [-0.05, 0) is 25.7 Å². The SMILES string of the molecule is CC(=O)[C@H]1C[C@H](C)C1. The molecule has 46 valence electrons. The maximum absolute atomic E-state index is 10.6. The predicted molar refractivity (Wildman–Crippen MR) is 32.6 cm³/mol. The van der Waals surface area contributed by atoms with Crippen LogP contribution >= 0.6 is 0 Å². The molecule has 0 aromatic carbocycles. The lowest BCUT2D eigenvalue weighted by Gasteiger charge is -2.30. The van der Waals surface area contributed by atoms with E-state index in [9.17, 15) is 4.79 Å². The highest BCUT2D eigenvalue weighted by atomic mass is 16.1. The van der Waals surface area contributed by atoms with Crippen LogP contribution in [0.4, 0.5) is 0 Å². The monoisotopic (exact) mass is 112 g/mol. The fourth-order valence-electron chi connectivity index (χ4n) is 1.23. The Balaban J connectivity index is 2.25. The second-order valence-electron chi connectivity index (χ2n) is 2.88. The van der Waals surface area contributed by atoms with E-state index in [1.807, 2.05) is 0 Å². The van der Waals surface area contributed by atoms with Crippen LogP contribution in [-0.4, -0.2) is 5.78 Å². The summed E-state index contributed by atoms with van der Waals surface area (Å²) in [5, 5.41) is 0. The van der Waals surface area contributed by atoms with Gasteiger partial charge in [0.25, 0.3) is 0 Å². The van der Waals surface area contributed by atoms with Gasteiger partial charge in [0.05, 0.1) is 0 Å². The average Bonchev–Trinajstić information content (AvgIpc) is 1.57. The molecule has 0 aromatic rings. The van der Waals surface area contributed by atoms with Crippen molar-refractivity contribution >= 4 is 5.78 Å². The van der Waals surface area contributed by atoms with Crippen LogP contribution in [0.5, 0.6) is 0 Å². The van der Waals surface area contributed by atoms with Gasteiger partial charge in [0, 0.05) is 5.92 Å². The Morgan fingerprint density at radius 1 is 1.50 bits per heavy atom. The molecular weight excluding hydrogens is 100 g/mol. The first-order valence-electron chi connectivity index (χ1n) is 3.20. The minimum atomic E-state index is 0.378. The third-order valence-corrected chi connectivity index (χ3v) is 1.95. The maximum Gasteiger partial charge on any atom is 0.132 e. The molecule has 0 unspecified atom stereocenters. The Morgan fingerprint density at radius 3 is 2.12 bits per heavy atom. The molecule has 0 atom stereocenters. The zero-order valence-electron chi connectivity index (χ0n) is 5.48. The Hall–Kier alpha value is -0.330. The van der Waals surface area contributed by atoms with E-state index >= 15 is 0 Å². The highest BCUT2D eigenvalue weighted by Gasteiger charge is 2.28. The molecule has 0 saturated heterocycles. The van der Waals surface area contributed by atoms with Gasteiger partial charge in [-0.1, -0.05) is 6.92 Å². The fourth-order valence-corrected chi connectivity index (χ4v) is 1.23. The lowest BCUT2D eigenvalue weighted by molar-refractivity contribution is -0.124. The van der Waals surface area contributed by atoms with Gasteiger partial charge in [-0.3, -0.25) is 4.79 Å². The molecule has 1 heteroatoms. The van der Waals surface area contributed by atoms with E-state index in [0.717, 1.165) is 18.8 Å². The van der Waals surface area contributed by atoms with Crippen molar-refractivity contribution in [1.29, 1.82) is 0 Å². The van der Waals surface area contributed by atoms with E-state index in [-0.39, 0.29) is 0 Å². The second kappa shape index (κ2) is 1.88. The highest BCUT2D eigenvalue weighted by molar-refractivity contribution is 5.79. The molecule has 1 saturated carbocycles. The third kappa shape index (κ3) is 0.908. The molecule has 0 radical (unpaired) electrons. The second-order valence-corrected chi connectivity index (χ2v) is 2.88. The first-order chi connectivity index (χ1) is 3.70. The smallest absolute Gasteiger partial charge is 0.132 e. The molecule has 8 heavy (non-hydrogen) atoms. The van der Waals surface area contributed by atoms with Crippen LogP contribution in [0, 0.1) is 11.8 Å². The number of hydrogen-bond acceptors (Lipinski definition) is 1. The number of Topliss-reactive ketones (excluding diaryl/α,β-unsaturated/α-hetero) is 1. The average molecular weight is 112 g/mol. The van der Waals surface area contributed by atoms with Crippen molar-refractivity contribution < 1.29 is 4.79 Å². The quantitative estimate of drug-likeness (QED) is 0.503. The zero-order valence-corrected chi connectivity index (χ0v) is 5.48. The highest BCUT2D eigenvalue weighted by Crippen LogP contribution is 2.33. The molecule has 1 rings (SSSR count). The molecule has 0 aliphatic heterocycles. The lowest BCUT2D eigenvalue weighted by Crippen LogP contribution is -2.26. The zero-order chi connectivity index (χ0) is 6.15. The first kappa shape index (κ1) is 5.80. The van der Waals surface area contributed by atoms with Crippen LogP contribution in [0.1, 0.15) is 26.7 Å². The van der Waals surface area contributed by atoms with Crippen molar-refractivity contribution in [3.63, 3.8) is 0 Å². The van der Waals surface area contributed by atoms with E-state index in [2.05, 4.69) is 6.92 Å². The van der Waals surface area contributed by atoms with Gasteiger partial charge >= 0.3 is 0 Å². The topological polar surface area (TPSA) is 17.1 Å². The molecule has 1 aliphatic rings. The molecule has 0 N–H and O–H groups in total. The predicted octanol–water partition coefficient (Wildman–Crippen LogP) is 1.62. The standard InChI is InChI=1S/C7H12O/c1-5-3-7(4-5)6(2)8/h5,7H,3-4H2,1-2H3/t5-,7-. The van der Waals surface area contributed by atoms with Crippen molar-refractivity contribution in [3.8, 4) is 0 Å². The molecular formula is C7H12O. The number of ketones is 1. The van der Waals surface area contributed by atoms with Crippen LogP contribution in [0.15, 0.2) is 0 Å². The summed E-state index contributed by atoms with van der Waals surface area (Å²) < 4.78 is 0. The van der Waals surface area contributed by atoms with Gasteiger partial charge in [-0.2, -0.15) is 0 Å². The molecule has 0 aromatic heterocycles. The summed E-state index contributed by atoms with van der Waals surface area (Å²) in [6.07, 6.45) is 2.27. The molecule has 0 amide bonds. The molecule has 0 heterocycles. The van der Waals surface area contributed by atoms with Crippen molar-refractivity contribution in [2.24, 2.45) is 11.8 Å². The molecule has 1 fully saturated rings. The summed E-state index contributed by atoms with van der Waals surface area (Å²) >= 11 is 0. The van der Waals surface area contributed by atoms with Crippen LogP contribution in [0.3, 0.4) is 0 Å². The number of rotatable bonds is 1. The van der Waals surface area contributed by atoms with Crippen LogP contribution < -0.4 is 0 Å². The molecule has 1 nitrogen and oxygen atoms in total. The van der Waals surface area contributed by atoms with Crippen molar-refractivity contribution in [3.05, 3.63) is 0 Å². The Labute approximate surface area is 50.1 Å². The summed E-state index contributed by atoms with van der Waals surface area (Å²) in [7, 11) is 0. The van der Waals surface area contributed by atoms with Gasteiger partial charge < -0.3 is 0 Å².